The molecule has 1 heterocycles. The van der Waals surface area contributed by atoms with E-state index in [1.165, 1.54) is 13.4 Å². The first-order chi connectivity index (χ1) is 12.5. The van der Waals surface area contributed by atoms with Gasteiger partial charge in [0.2, 0.25) is 5.88 Å². The fourth-order valence-corrected chi connectivity index (χ4v) is 2.97. The van der Waals surface area contributed by atoms with Crippen molar-refractivity contribution in [1.29, 1.82) is 0 Å². The molecule has 26 heavy (non-hydrogen) atoms. The lowest BCUT2D eigenvalue weighted by molar-refractivity contribution is -0.118. The van der Waals surface area contributed by atoms with Crippen LogP contribution in [0.15, 0.2) is 36.7 Å². The molecule has 3 aromatic rings. The van der Waals surface area contributed by atoms with Gasteiger partial charge in [-0.3, -0.25) is 4.79 Å². The van der Waals surface area contributed by atoms with Crippen LogP contribution in [-0.2, 0) is 4.79 Å². The van der Waals surface area contributed by atoms with Crippen LogP contribution in [0.25, 0.3) is 10.9 Å². The molecule has 1 N–H and O–H groups in total. The van der Waals surface area contributed by atoms with Gasteiger partial charge in [0, 0.05) is 5.02 Å². The number of aryl methyl sites for hydroxylation is 1. The third-order valence-electron chi connectivity index (χ3n) is 3.59. The normalized spacial score (nSPS) is 10.6. The van der Waals surface area contributed by atoms with E-state index in [0.717, 1.165) is 5.56 Å². The summed E-state index contributed by atoms with van der Waals surface area (Å²) in [7, 11) is 1.54. The number of ether oxygens (including phenoxy) is 2. The number of benzene rings is 2. The van der Waals surface area contributed by atoms with Crippen molar-refractivity contribution in [3.05, 3.63) is 52.3 Å². The Morgan fingerprint density at radius 1 is 1.19 bits per heavy atom. The lowest BCUT2D eigenvalue weighted by Crippen LogP contribution is -2.21. The summed E-state index contributed by atoms with van der Waals surface area (Å²) in [5.41, 5.74) is 2.06. The van der Waals surface area contributed by atoms with Crippen LogP contribution in [0.2, 0.25) is 10.0 Å². The van der Waals surface area contributed by atoms with Gasteiger partial charge in [-0.2, -0.15) is 0 Å². The maximum Gasteiger partial charge on any atom is 0.262 e. The number of aromatic nitrogens is 2. The minimum absolute atomic E-state index is 0.228. The molecule has 2 aromatic carbocycles. The molecule has 1 aromatic heterocycles. The van der Waals surface area contributed by atoms with Gasteiger partial charge < -0.3 is 14.8 Å². The zero-order valence-electron chi connectivity index (χ0n) is 14.0. The molecule has 0 saturated heterocycles. The fraction of sp³-hybridized carbons (Fsp3) is 0.167. The number of methoxy groups -OCH3 is 1. The number of anilines is 1. The molecule has 8 heteroatoms. The maximum absolute atomic E-state index is 12.2. The molecule has 0 aliphatic carbocycles. The van der Waals surface area contributed by atoms with Gasteiger partial charge in [-0.15, -0.1) is 0 Å². The Kier molecular flexibility index (Phi) is 5.44. The van der Waals surface area contributed by atoms with Crippen LogP contribution >= 0.6 is 23.2 Å². The highest BCUT2D eigenvalue weighted by Gasteiger charge is 2.13. The van der Waals surface area contributed by atoms with Crippen LogP contribution in [0.5, 0.6) is 11.6 Å². The minimum atomic E-state index is -0.353. The average molecular weight is 392 g/mol. The summed E-state index contributed by atoms with van der Waals surface area (Å²) in [5.74, 6) is 0.439. The molecule has 0 spiro atoms. The smallest absolute Gasteiger partial charge is 0.262 e. The molecule has 0 radical (unpaired) electrons. The predicted octanol–water partition coefficient (Wildman–Crippen LogP) is 4.27. The van der Waals surface area contributed by atoms with Gasteiger partial charge >= 0.3 is 0 Å². The van der Waals surface area contributed by atoms with Gasteiger partial charge in [-0.25, -0.2) is 9.97 Å². The molecule has 0 aliphatic rings. The van der Waals surface area contributed by atoms with Gasteiger partial charge in [0.25, 0.3) is 5.91 Å². The van der Waals surface area contributed by atoms with E-state index in [0.29, 0.717) is 32.4 Å². The van der Waals surface area contributed by atoms with Gasteiger partial charge in [0.1, 0.15) is 12.1 Å². The van der Waals surface area contributed by atoms with E-state index in [9.17, 15) is 4.79 Å². The maximum atomic E-state index is 12.2. The zero-order chi connectivity index (χ0) is 18.7. The number of rotatable bonds is 5. The highest BCUT2D eigenvalue weighted by atomic mass is 35.5. The summed E-state index contributed by atoms with van der Waals surface area (Å²) in [5, 5.41) is 4.10. The first kappa shape index (κ1) is 18.2. The average Bonchev–Trinajstić information content (AvgIpc) is 2.60. The monoisotopic (exact) mass is 391 g/mol. The Bertz CT molecular complexity index is 979. The number of nitrogens with zero attached hydrogens (tertiary/aromatic N) is 2. The minimum Gasteiger partial charge on any atom is -0.495 e. The Morgan fingerprint density at radius 2 is 2.00 bits per heavy atom. The molecular weight excluding hydrogens is 377 g/mol. The van der Waals surface area contributed by atoms with Gasteiger partial charge in [-0.05, 0) is 36.8 Å². The first-order valence-corrected chi connectivity index (χ1v) is 8.40. The third-order valence-corrected chi connectivity index (χ3v) is 4.10. The van der Waals surface area contributed by atoms with Gasteiger partial charge in [0.05, 0.1) is 28.7 Å². The van der Waals surface area contributed by atoms with Crippen LogP contribution in [0.4, 0.5) is 5.69 Å². The highest BCUT2D eigenvalue weighted by Crippen LogP contribution is 2.31. The number of amides is 1. The van der Waals surface area contributed by atoms with E-state index in [4.69, 9.17) is 32.7 Å². The van der Waals surface area contributed by atoms with Gasteiger partial charge in [-0.1, -0.05) is 29.3 Å². The number of hydrogen-bond acceptors (Lipinski definition) is 5. The van der Waals surface area contributed by atoms with Crippen LogP contribution in [0.3, 0.4) is 0 Å². The van der Waals surface area contributed by atoms with E-state index < -0.39 is 0 Å². The Balaban J connectivity index is 1.76. The highest BCUT2D eigenvalue weighted by molar-refractivity contribution is 6.38. The lowest BCUT2D eigenvalue weighted by atomic mass is 10.2. The van der Waals surface area contributed by atoms with Crippen LogP contribution in [0, 0.1) is 6.92 Å². The summed E-state index contributed by atoms with van der Waals surface area (Å²) >= 11 is 12.2. The SMILES string of the molecule is COc1ccc(C)cc1NC(=O)COc1ncnc2c(Cl)cc(Cl)cc12. The lowest BCUT2D eigenvalue weighted by Gasteiger charge is -2.12. The van der Waals surface area contributed by atoms with Crippen LogP contribution in [0.1, 0.15) is 5.56 Å². The molecule has 1 amide bonds. The molecule has 0 saturated carbocycles. The van der Waals surface area contributed by atoms with Crippen LogP contribution < -0.4 is 14.8 Å². The number of carbonyl (C=O) groups excluding carboxylic acids is 1. The second-order valence-electron chi connectivity index (χ2n) is 5.50. The van der Waals surface area contributed by atoms with Crippen molar-refractivity contribution in [2.24, 2.45) is 0 Å². The van der Waals surface area contributed by atoms with Crippen molar-refractivity contribution in [1.82, 2.24) is 9.97 Å². The first-order valence-electron chi connectivity index (χ1n) is 7.65. The third kappa shape index (κ3) is 3.98. The number of nitrogens with one attached hydrogen (secondary N) is 1. The molecule has 0 atom stereocenters. The Morgan fingerprint density at radius 3 is 2.77 bits per heavy atom. The largest absolute Gasteiger partial charge is 0.495 e. The summed E-state index contributed by atoms with van der Waals surface area (Å²) in [6, 6.07) is 8.72. The molecule has 0 bridgehead atoms. The van der Waals surface area contributed by atoms with Crippen LogP contribution in [-0.4, -0.2) is 29.6 Å². The molecule has 0 aliphatic heterocycles. The van der Waals surface area contributed by atoms with Gasteiger partial charge in [0.15, 0.2) is 6.61 Å². The molecular formula is C18H15Cl2N3O3. The van der Waals surface area contributed by atoms with Crippen molar-refractivity contribution in [3.8, 4) is 11.6 Å². The number of carbonyl (C=O) groups is 1. The Hall–Kier alpha value is -2.57. The molecule has 0 unspecified atom stereocenters. The predicted molar refractivity (Wildman–Crippen MR) is 101 cm³/mol. The van der Waals surface area contributed by atoms with Crippen molar-refractivity contribution >= 4 is 45.7 Å². The topological polar surface area (TPSA) is 73.3 Å². The molecule has 3 rings (SSSR count). The second-order valence-corrected chi connectivity index (χ2v) is 6.35. The zero-order valence-corrected chi connectivity index (χ0v) is 15.6. The summed E-state index contributed by atoms with van der Waals surface area (Å²) < 4.78 is 10.8. The number of fused-ring (bicyclic) bond motifs is 1. The quantitative estimate of drug-likeness (QED) is 0.702. The summed E-state index contributed by atoms with van der Waals surface area (Å²) in [4.78, 5) is 20.4. The molecule has 0 fully saturated rings. The van der Waals surface area contributed by atoms with E-state index in [1.807, 2.05) is 19.1 Å². The number of hydrogen-bond donors (Lipinski definition) is 1. The van der Waals surface area contributed by atoms with Crippen molar-refractivity contribution < 1.29 is 14.3 Å². The van der Waals surface area contributed by atoms with E-state index in [2.05, 4.69) is 15.3 Å². The second kappa shape index (κ2) is 7.76. The van der Waals surface area contributed by atoms with E-state index >= 15 is 0 Å². The molecule has 134 valence electrons. The number of halogens is 2. The van der Waals surface area contributed by atoms with Crippen molar-refractivity contribution in [3.63, 3.8) is 0 Å². The molecule has 6 nitrogen and oxygen atoms in total. The Labute approximate surface area is 160 Å². The summed E-state index contributed by atoms with van der Waals surface area (Å²) in [6.45, 7) is 1.68. The summed E-state index contributed by atoms with van der Waals surface area (Å²) in [6.07, 6.45) is 1.32. The van der Waals surface area contributed by atoms with E-state index in [-0.39, 0.29) is 18.4 Å². The van der Waals surface area contributed by atoms with E-state index in [1.54, 1.807) is 18.2 Å². The fourth-order valence-electron chi connectivity index (χ4n) is 2.42. The van der Waals surface area contributed by atoms with Crippen molar-refractivity contribution in [2.45, 2.75) is 6.92 Å². The van der Waals surface area contributed by atoms with Crippen molar-refractivity contribution in [2.75, 3.05) is 19.0 Å². The standard InChI is InChI=1S/C18H15Cl2N3O3/c1-10-3-4-15(25-2)14(5-10)23-16(24)8-26-18-12-6-11(19)7-13(20)17(12)21-9-22-18/h3-7,9H,8H2,1-2H3,(H,23,24).